The minimum Gasteiger partial charge on any atom is -0.469 e. The molecule has 0 aromatic carbocycles. The Morgan fingerprint density at radius 1 is 0.615 bits per heavy atom. The van der Waals surface area contributed by atoms with Gasteiger partial charge in [-0.2, -0.15) is 0 Å². The fraction of sp³-hybridized carbons (Fsp3) is 0.875. The predicted molar refractivity (Wildman–Crippen MR) is 115 cm³/mol. The second-order valence-corrected chi connectivity index (χ2v) is 7.68. The number of unbranched alkanes of at least 4 members (excludes halogenated alkanes) is 16. The fourth-order valence-corrected chi connectivity index (χ4v) is 3.33. The number of hydrogen-bond donors (Lipinski definition) is 0. The molecule has 0 saturated heterocycles. The normalized spacial score (nSPS) is 11.3. The molecule has 0 unspecified atom stereocenters. The van der Waals surface area contributed by atoms with Crippen molar-refractivity contribution < 1.29 is 9.53 Å². The van der Waals surface area contributed by atoms with E-state index < -0.39 is 0 Å². The summed E-state index contributed by atoms with van der Waals surface area (Å²) in [4.78, 5) is 11.0. The molecule has 0 saturated carbocycles. The minimum absolute atomic E-state index is 0.0738. The topological polar surface area (TPSA) is 26.3 Å². The molecule has 2 heteroatoms. The minimum atomic E-state index is -0.0738. The molecule has 0 amide bonds. The van der Waals surface area contributed by atoms with E-state index in [0.29, 0.717) is 6.42 Å². The van der Waals surface area contributed by atoms with Gasteiger partial charge < -0.3 is 4.74 Å². The zero-order valence-corrected chi connectivity index (χ0v) is 17.9. The molecule has 154 valence electrons. The predicted octanol–water partition coefficient (Wildman–Crippen LogP) is 8.15. The molecule has 0 fully saturated rings. The van der Waals surface area contributed by atoms with Gasteiger partial charge in [0.15, 0.2) is 0 Å². The molecule has 0 heterocycles. The Kier molecular flexibility index (Phi) is 21.6. The van der Waals surface area contributed by atoms with E-state index in [4.69, 9.17) is 0 Å². The molecule has 0 atom stereocenters. The van der Waals surface area contributed by atoms with E-state index >= 15 is 0 Å². The number of hydrogen-bond acceptors (Lipinski definition) is 2. The van der Waals surface area contributed by atoms with Crippen LogP contribution in [0.3, 0.4) is 0 Å². The van der Waals surface area contributed by atoms with Crippen LogP contribution in [0.2, 0.25) is 0 Å². The summed E-state index contributed by atoms with van der Waals surface area (Å²) < 4.78 is 4.64. The van der Waals surface area contributed by atoms with E-state index in [-0.39, 0.29) is 5.97 Å². The summed E-state index contributed by atoms with van der Waals surface area (Å²) in [7, 11) is 1.46. The highest BCUT2D eigenvalue weighted by Gasteiger charge is 1.98. The fourth-order valence-electron chi connectivity index (χ4n) is 3.33. The summed E-state index contributed by atoms with van der Waals surface area (Å²) in [6, 6.07) is 0. The number of allylic oxidation sites excluding steroid dienone is 2. The summed E-state index contributed by atoms with van der Waals surface area (Å²) in [5.41, 5.74) is 0. The van der Waals surface area contributed by atoms with Gasteiger partial charge in [0.25, 0.3) is 0 Å². The van der Waals surface area contributed by atoms with Crippen molar-refractivity contribution in [2.75, 3.05) is 7.11 Å². The van der Waals surface area contributed by atoms with Gasteiger partial charge in [-0.05, 0) is 32.1 Å². The Labute approximate surface area is 164 Å². The first-order valence-corrected chi connectivity index (χ1v) is 11.5. The third kappa shape index (κ3) is 21.3. The molecule has 0 spiro atoms. The summed E-state index contributed by atoms with van der Waals surface area (Å²) in [5.74, 6) is -0.0738. The third-order valence-electron chi connectivity index (χ3n) is 5.12. The van der Waals surface area contributed by atoms with Crippen LogP contribution >= 0.6 is 0 Å². The second kappa shape index (κ2) is 22.3. The van der Waals surface area contributed by atoms with Gasteiger partial charge in [0.2, 0.25) is 0 Å². The quantitative estimate of drug-likeness (QED) is 0.123. The highest BCUT2D eigenvalue weighted by Crippen LogP contribution is 2.12. The van der Waals surface area contributed by atoms with Crippen LogP contribution in [0, 0.1) is 0 Å². The Morgan fingerprint density at radius 2 is 1.00 bits per heavy atom. The van der Waals surface area contributed by atoms with E-state index in [2.05, 4.69) is 23.8 Å². The van der Waals surface area contributed by atoms with Crippen molar-refractivity contribution in [2.45, 2.75) is 129 Å². The highest BCUT2D eigenvalue weighted by atomic mass is 16.5. The molecule has 26 heavy (non-hydrogen) atoms. The number of ether oxygens (including phenoxy) is 1. The van der Waals surface area contributed by atoms with Crippen molar-refractivity contribution in [1.82, 2.24) is 0 Å². The van der Waals surface area contributed by atoms with Crippen molar-refractivity contribution >= 4 is 5.97 Å². The van der Waals surface area contributed by atoms with Crippen molar-refractivity contribution in [1.29, 1.82) is 0 Å². The van der Waals surface area contributed by atoms with Crippen LogP contribution in [0.5, 0.6) is 0 Å². The van der Waals surface area contributed by atoms with Crippen LogP contribution in [-0.4, -0.2) is 13.1 Å². The molecular weight excluding hydrogens is 320 g/mol. The van der Waals surface area contributed by atoms with Gasteiger partial charge in [0.1, 0.15) is 0 Å². The van der Waals surface area contributed by atoms with Gasteiger partial charge in [-0.3, -0.25) is 4.79 Å². The summed E-state index contributed by atoms with van der Waals surface area (Å²) in [6.45, 7) is 2.28. The van der Waals surface area contributed by atoms with E-state index in [1.54, 1.807) is 0 Å². The molecule has 0 aliphatic heterocycles. The van der Waals surface area contributed by atoms with Crippen molar-refractivity contribution in [3.8, 4) is 0 Å². The van der Waals surface area contributed by atoms with Gasteiger partial charge in [0.05, 0.1) is 7.11 Å². The van der Waals surface area contributed by atoms with Crippen LogP contribution < -0.4 is 0 Å². The summed E-state index contributed by atoms with van der Waals surface area (Å²) in [5, 5.41) is 0. The number of rotatable bonds is 20. The van der Waals surface area contributed by atoms with Crippen LogP contribution in [-0.2, 0) is 9.53 Å². The first-order chi connectivity index (χ1) is 12.8. The first kappa shape index (κ1) is 25.2. The smallest absolute Gasteiger partial charge is 0.305 e. The largest absolute Gasteiger partial charge is 0.469 e. The van der Waals surface area contributed by atoms with Crippen LogP contribution in [0.15, 0.2) is 12.2 Å². The third-order valence-corrected chi connectivity index (χ3v) is 5.12. The maximum Gasteiger partial charge on any atom is 0.305 e. The van der Waals surface area contributed by atoms with E-state index in [1.807, 2.05) is 0 Å². The molecular formula is C24H46O2. The lowest BCUT2D eigenvalue weighted by atomic mass is 10.0. The number of esters is 1. The molecule has 0 aliphatic rings. The van der Waals surface area contributed by atoms with Gasteiger partial charge >= 0.3 is 5.97 Å². The number of methoxy groups -OCH3 is 1. The van der Waals surface area contributed by atoms with Crippen molar-refractivity contribution in [2.24, 2.45) is 0 Å². The highest BCUT2D eigenvalue weighted by molar-refractivity contribution is 5.68. The Morgan fingerprint density at radius 3 is 1.42 bits per heavy atom. The number of carbonyl (C=O) groups is 1. The molecule has 0 aromatic rings. The lowest BCUT2D eigenvalue weighted by molar-refractivity contribution is -0.140. The lowest BCUT2D eigenvalue weighted by Crippen LogP contribution is -1.98. The van der Waals surface area contributed by atoms with Gasteiger partial charge in [-0.25, -0.2) is 0 Å². The van der Waals surface area contributed by atoms with Crippen LogP contribution in [0.4, 0.5) is 0 Å². The van der Waals surface area contributed by atoms with Crippen molar-refractivity contribution in [3.63, 3.8) is 0 Å². The molecule has 0 aliphatic carbocycles. The standard InChI is InChI=1S/C24H46O2/c1-3-4-5-6-7-8-9-10-11-12-13-14-15-16-17-18-19-20-21-22-23-24(25)26-2/h15-16H,3-14,17-23H2,1-2H3/b16-15-. The zero-order chi connectivity index (χ0) is 19.1. The van der Waals surface area contributed by atoms with E-state index in [1.165, 1.54) is 110 Å². The average molecular weight is 367 g/mol. The Bertz CT molecular complexity index is 309. The van der Waals surface area contributed by atoms with E-state index in [9.17, 15) is 4.79 Å². The van der Waals surface area contributed by atoms with Crippen LogP contribution in [0.1, 0.15) is 129 Å². The summed E-state index contributed by atoms with van der Waals surface area (Å²) in [6.07, 6.45) is 29.4. The second-order valence-electron chi connectivity index (χ2n) is 7.68. The summed E-state index contributed by atoms with van der Waals surface area (Å²) >= 11 is 0. The Hall–Kier alpha value is -0.790. The maximum atomic E-state index is 11.0. The lowest BCUT2D eigenvalue weighted by Gasteiger charge is -2.02. The average Bonchev–Trinajstić information content (AvgIpc) is 2.66. The van der Waals surface area contributed by atoms with E-state index in [0.717, 1.165) is 12.8 Å². The zero-order valence-electron chi connectivity index (χ0n) is 17.9. The van der Waals surface area contributed by atoms with Gasteiger partial charge in [0, 0.05) is 6.42 Å². The Balaban J connectivity index is 3.10. The molecule has 0 N–H and O–H groups in total. The first-order valence-electron chi connectivity index (χ1n) is 11.5. The van der Waals surface area contributed by atoms with Crippen LogP contribution in [0.25, 0.3) is 0 Å². The SMILES string of the molecule is CCCCCCCCCCCCC/C=C\CCCCCCCC(=O)OC. The molecule has 2 nitrogen and oxygen atoms in total. The van der Waals surface area contributed by atoms with Gasteiger partial charge in [-0.1, -0.05) is 103 Å². The molecule has 0 bridgehead atoms. The molecule has 0 aromatic heterocycles. The van der Waals surface area contributed by atoms with Crippen molar-refractivity contribution in [3.05, 3.63) is 12.2 Å². The molecule has 0 radical (unpaired) electrons. The maximum absolute atomic E-state index is 11.0. The van der Waals surface area contributed by atoms with Gasteiger partial charge in [-0.15, -0.1) is 0 Å². The molecule has 0 rings (SSSR count). The number of carbonyl (C=O) groups excluding carboxylic acids is 1. The monoisotopic (exact) mass is 366 g/mol.